The van der Waals surface area contributed by atoms with Crippen molar-refractivity contribution in [3.05, 3.63) is 34.4 Å². The van der Waals surface area contributed by atoms with Gasteiger partial charge in [0.2, 0.25) is 5.75 Å². The van der Waals surface area contributed by atoms with Gasteiger partial charge in [-0.3, -0.25) is 26.4 Å². The third-order valence-corrected chi connectivity index (χ3v) is 1.65. The van der Waals surface area contributed by atoms with E-state index in [0.717, 1.165) is 12.1 Å². The number of rotatable bonds is 3. The summed E-state index contributed by atoms with van der Waals surface area (Å²) in [5.74, 6) is 7.47. The Morgan fingerprint density at radius 3 is 2.25 bits per heavy atom. The zero-order chi connectivity index (χ0) is 12.8. The summed E-state index contributed by atoms with van der Waals surface area (Å²) >= 11 is 0. The molecule has 0 heterocycles. The summed E-state index contributed by atoms with van der Waals surface area (Å²) in [5, 5.41) is 10.4. The molecule has 0 aliphatic rings. The minimum atomic E-state index is -4.74. The average Bonchev–Trinajstić information content (AvgIpc) is 2.19. The van der Waals surface area contributed by atoms with Crippen LogP contribution in [0.15, 0.2) is 24.3 Å². The second-order valence-corrected chi connectivity index (χ2v) is 3.26. The van der Waals surface area contributed by atoms with E-state index in [4.69, 9.17) is 4.55 Å². The quantitative estimate of drug-likeness (QED) is 0.283. The lowest BCUT2D eigenvalue weighted by Crippen LogP contribution is -2.08. The van der Waals surface area contributed by atoms with Crippen molar-refractivity contribution in [3.63, 3.8) is 0 Å². The molecular weight excluding hydrogens is 242 g/mol. The average molecular weight is 251 g/mol. The van der Waals surface area contributed by atoms with Crippen LogP contribution in [0, 0.1) is 10.1 Å². The van der Waals surface area contributed by atoms with E-state index >= 15 is 0 Å². The van der Waals surface area contributed by atoms with Crippen LogP contribution < -0.4 is 15.9 Å². The largest absolute Gasteiger partial charge is 0.446 e. The highest BCUT2D eigenvalue weighted by Crippen LogP contribution is 2.26. The van der Waals surface area contributed by atoms with Crippen molar-refractivity contribution in [1.82, 2.24) is 0 Å². The standard InChI is InChI=1S/C6H5NO6S.H4N2/c8-7(9)5-3-1-2-4-6(5)13-14(10,11)12;1-2/h1-4H,(H,10,11,12);1-2H2. The van der Waals surface area contributed by atoms with Gasteiger partial charge in [-0.15, -0.1) is 0 Å². The molecule has 9 nitrogen and oxygen atoms in total. The van der Waals surface area contributed by atoms with Crippen molar-refractivity contribution in [2.24, 2.45) is 11.7 Å². The van der Waals surface area contributed by atoms with Crippen LogP contribution in [0.5, 0.6) is 5.75 Å². The van der Waals surface area contributed by atoms with E-state index in [1.165, 1.54) is 12.1 Å². The van der Waals surface area contributed by atoms with Gasteiger partial charge >= 0.3 is 16.1 Å². The van der Waals surface area contributed by atoms with Crippen molar-refractivity contribution in [1.29, 1.82) is 0 Å². The molecule has 0 saturated carbocycles. The summed E-state index contributed by atoms with van der Waals surface area (Å²) in [5.41, 5.74) is -0.537. The maximum Gasteiger partial charge on any atom is 0.446 e. The molecule has 0 aromatic heterocycles. The maximum atomic E-state index is 10.4. The summed E-state index contributed by atoms with van der Waals surface area (Å²) in [4.78, 5) is 9.54. The Morgan fingerprint density at radius 1 is 1.31 bits per heavy atom. The summed E-state index contributed by atoms with van der Waals surface area (Å²) < 4.78 is 32.9. The number of hydrazine groups is 1. The molecule has 10 heteroatoms. The lowest BCUT2D eigenvalue weighted by molar-refractivity contribution is -0.385. The van der Waals surface area contributed by atoms with E-state index in [9.17, 15) is 18.5 Å². The molecule has 1 rings (SSSR count). The van der Waals surface area contributed by atoms with E-state index in [-0.39, 0.29) is 0 Å². The predicted molar refractivity (Wildman–Crippen MR) is 53.6 cm³/mol. The highest BCUT2D eigenvalue weighted by molar-refractivity contribution is 7.81. The number of hydrogen-bond acceptors (Lipinski definition) is 7. The van der Waals surface area contributed by atoms with Crippen molar-refractivity contribution in [2.75, 3.05) is 0 Å². The monoisotopic (exact) mass is 251 g/mol. The van der Waals surface area contributed by atoms with E-state index in [0.29, 0.717) is 0 Å². The van der Waals surface area contributed by atoms with Gasteiger partial charge in [0, 0.05) is 6.07 Å². The third kappa shape index (κ3) is 4.65. The van der Waals surface area contributed by atoms with Crippen LogP contribution in [-0.2, 0) is 10.4 Å². The lowest BCUT2D eigenvalue weighted by Gasteiger charge is -2.00. The smallest absolute Gasteiger partial charge is 0.354 e. The first kappa shape index (κ1) is 14.2. The van der Waals surface area contributed by atoms with Crippen LogP contribution in [0.3, 0.4) is 0 Å². The highest BCUT2D eigenvalue weighted by atomic mass is 32.3. The Labute approximate surface area is 90.7 Å². The number of nitro benzene ring substituents is 1. The molecule has 0 spiro atoms. The van der Waals surface area contributed by atoms with E-state index in [1.807, 2.05) is 0 Å². The van der Waals surface area contributed by atoms with E-state index in [2.05, 4.69) is 15.9 Å². The van der Waals surface area contributed by atoms with Crippen molar-refractivity contribution < 1.29 is 22.1 Å². The molecule has 0 unspecified atom stereocenters. The molecular formula is C6H9N3O6S. The SMILES string of the molecule is NN.O=[N+]([O-])c1ccccc1OS(=O)(=O)O. The lowest BCUT2D eigenvalue weighted by atomic mass is 10.3. The number of nitrogens with zero attached hydrogens (tertiary/aromatic N) is 1. The summed E-state index contributed by atoms with van der Waals surface area (Å²) in [7, 11) is -4.74. The molecule has 0 saturated heterocycles. The maximum absolute atomic E-state index is 10.4. The Morgan fingerprint density at radius 2 is 1.81 bits per heavy atom. The fourth-order valence-corrected chi connectivity index (χ4v) is 1.16. The van der Waals surface area contributed by atoms with Gasteiger partial charge in [-0.25, -0.2) is 0 Å². The van der Waals surface area contributed by atoms with Crippen molar-refractivity contribution in [3.8, 4) is 5.75 Å². The molecule has 0 aliphatic heterocycles. The van der Waals surface area contributed by atoms with Crippen LogP contribution in [0.25, 0.3) is 0 Å². The number of benzene rings is 1. The van der Waals surface area contributed by atoms with Crippen LogP contribution >= 0.6 is 0 Å². The summed E-state index contributed by atoms with van der Waals surface area (Å²) in [6.07, 6.45) is 0. The molecule has 1 aromatic rings. The summed E-state index contributed by atoms with van der Waals surface area (Å²) in [6, 6.07) is 4.80. The molecule has 0 amide bonds. The fraction of sp³-hybridized carbons (Fsp3) is 0. The second kappa shape index (κ2) is 5.97. The van der Waals surface area contributed by atoms with Crippen LogP contribution in [0.2, 0.25) is 0 Å². The van der Waals surface area contributed by atoms with Gasteiger partial charge in [-0.05, 0) is 6.07 Å². The number of nitro groups is 1. The van der Waals surface area contributed by atoms with Gasteiger partial charge in [-0.2, -0.15) is 8.42 Å². The predicted octanol–water partition coefficient (Wildman–Crippen LogP) is -0.405. The number of hydrogen-bond donors (Lipinski definition) is 3. The second-order valence-electron chi connectivity index (χ2n) is 2.24. The number of para-hydroxylation sites is 2. The topological polar surface area (TPSA) is 159 Å². The van der Waals surface area contributed by atoms with Crippen LogP contribution in [-0.4, -0.2) is 17.9 Å². The first-order valence-electron chi connectivity index (χ1n) is 3.64. The molecule has 90 valence electrons. The highest BCUT2D eigenvalue weighted by Gasteiger charge is 2.18. The van der Waals surface area contributed by atoms with E-state index < -0.39 is 26.8 Å². The molecule has 0 aliphatic carbocycles. The van der Waals surface area contributed by atoms with Crippen molar-refractivity contribution in [2.45, 2.75) is 0 Å². The molecule has 0 fully saturated rings. The Bertz CT molecular complexity index is 459. The number of nitrogens with two attached hydrogens (primary N) is 2. The normalized spacial score (nSPS) is 9.94. The minimum absolute atomic E-state index is 0.528. The molecule has 0 bridgehead atoms. The third-order valence-electron chi connectivity index (χ3n) is 1.26. The van der Waals surface area contributed by atoms with E-state index in [1.54, 1.807) is 0 Å². The molecule has 0 radical (unpaired) electrons. The molecule has 16 heavy (non-hydrogen) atoms. The van der Waals surface area contributed by atoms with Gasteiger partial charge in [0.05, 0.1) is 4.92 Å². The first-order chi connectivity index (χ1) is 7.40. The Kier molecular flexibility index (Phi) is 5.32. The Hall–Kier alpha value is -1.75. The molecule has 1 aromatic carbocycles. The van der Waals surface area contributed by atoms with Gasteiger partial charge in [0.15, 0.2) is 0 Å². The Balaban J connectivity index is 0.00000106. The molecule has 5 N–H and O–H groups in total. The minimum Gasteiger partial charge on any atom is -0.354 e. The fourth-order valence-electron chi connectivity index (χ4n) is 0.792. The van der Waals surface area contributed by atoms with Crippen molar-refractivity contribution >= 4 is 16.1 Å². The van der Waals surface area contributed by atoms with Gasteiger partial charge < -0.3 is 4.18 Å². The van der Waals surface area contributed by atoms with Gasteiger partial charge in [-0.1, -0.05) is 12.1 Å². The zero-order valence-electron chi connectivity index (χ0n) is 7.81. The zero-order valence-corrected chi connectivity index (χ0v) is 8.62. The van der Waals surface area contributed by atoms with Gasteiger partial charge in [0.25, 0.3) is 0 Å². The van der Waals surface area contributed by atoms with Crippen LogP contribution in [0.4, 0.5) is 5.69 Å². The first-order valence-corrected chi connectivity index (χ1v) is 5.00. The molecule has 0 atom stereocenters. The van der Waals surface area contributed by atoms with Gasteiger partial charge in [0.1, 0.15) is 0 Å². The summed E-state index contributed by atoms with van der Waals surface area (Å²) in [6.45, 7) is 0. The van der Waals surface area contributed by atoms with Crippen LogP contribution in [0.1, 0.15) is 0 Å².